The number of hydrogen-bond donors (Lipinski definition) is 1. The van der Waals surface area contributed by atoms with Gasteiger partial charge in [-0.3, -0.25) is 10.3 Å². The number of ether oxygens (including phenoxy) is 3. The van der Waals surface area contributed by atoms with Crippen LogP contribution < -0.4 is 5.32 Å². The SMILES string of the molecule is COC1(OC)NCC=NC1CCOCC(F)(F)F. The lowest BCUT2D eigenvalue weighted by atomic mass is 10.1. The second-order valence-electron chi connectivity index (χ2n) is 3.76. The minimum Gasteiger partial charge on any atom is -0.372 e. The highest BCUT2D eigenvalue weighted by Gasteiger charge is 2.40. The van der Waals surface area contributed by atoms with Gasteiger partial charge in [0, 0.05) is 33.6 Å². The number of hydrogen-bond acceptors (Lipinski definition) is 5. The van der Waals surface area contributed by atoms with Gasteiger partial charge in [0.15, 0.2) is 0 Å². The zero-order valence-corrected chi connectivity index (χ0v) is 10.3. The van der Waals surface area contributed by atoms with Crippen LogP contribution in [0.25, 0.3) is 0 Å². The minimum atomic E-state index is -4.31. The molecule has 0 bridgehead atoms. The van der Waals surface area contributed by atoms with Crippen LogP contribution in [0, 0.1) is 0 Å². The molecule has 1 N–H and O–H groups in total. The third kappa shape index (κ3) is 4.20. The van der Waals surface area contributed by atoms with Crippen molar-refractivity contribution < 1.29 is 27.4 Å². The Morgan fingerprint density at radius 3 is 2.61 bits per heavy atom. The Balaban J connectivity index is 2.43. The molecule has 0 amide bonds. The van der Waals surface area contributed by atoms with Crippen LogP contribution in [0.3, 0.4) is 0 Å². The fraction of sp³-hybridized carbons (Fsp3) is 0.900. The summed E-state index contributed by atoms with van der Waals surface area (Å²) in [4.78, 5) is 4.16. The van der Waals surface area contributed by atoms with Crippen molar-refractivity contribution in [3.8, 4) is 0 Å². The highest BCUT2D eigenvalue weighted by Crippen LogP contribution is 2.22. The van der Waals surface area contributed by atoms with Gasteiger partial charge >= 0.3 is 6.18 Å². The van der Waals surface area contributed by atoms with Gasteiger partial charge in [0.2, 0.25) is 0 Å². The predicted octanol–water partition coefficient (Wildman–Crippen LogP) is 0.945. The molecule has 0 aromatic heterocycles. The molecule has 0 aromatic rings. The highest BCUT2D eigenvalue weighted by atomic mass is 19.4. The lowest BCUT2D eigenvalue weighted by Gasteiger charge is -2.38. The van der Waals surface area contributed by atoms with E-state index < -0.39 is 24.7 Å². The second-order valence-corrected chi connectivity index (χ2v) is 3.76. The lowest BCUT2D eigenvalue weighted by molar-refractivity contribution is -0.243. The molecule has 0 saturated carbocycles. The number of nitrogens with zero attached hydrogens (tertiary/aromatic N) is 1. The van der Waals surface area contributed by atoms with Crippen molar-refractivity contribution >= 4 is 6.21 Å². The fourth-order valence-electron chi connectivity index (χ4n) is 1.73. The first-order chi connectivity index (χ1) is 8.43. The molecule has 1 atom stereocenters. The van der Waals surface area contributed by atoms with E-state index in [2.05, 4.69) is 15.0 Å². The molecule has 18 heavy (non-hydrogen) atoms. The Kier molecular flexibility index (Phi) is 5.51. The first-order valence-electron chi connectivity index (χ1n) is 5.45. The van der Waals surface area contributed by atoms with Crippen molar-refractivity contribution in [2.24, 2.45) is 4.99 Å². The number of alkyl halides is 3. The summed E-state index contributed by atoms with van der Waals surface area (Å²) < 4.78 is 50.6. The van der Waals surface area contributed by atoms with Gasteiger partial charge in [-0.25, -0.2) is 0 Å². The molecule has 5 nitrogen and oxygen atoms in total. The van der Waals surface area contributed by atoms with Gasteiger partial charge in [-0.1, -0.05) is 0 Å². The fourth-order valence-corrected chi connectivity index (χ4v) is 1.73. The molecular formula is C10H17F3N2O3. The number of aliphatic imine (C=N–C) groups is 1. The molecule has 0 fully saturated rings. The Morgan fingerprint density at radius 1 is 1.39 bits per heavy atom. The topological polar surface area (TPSA) is 52.1 Å². The molecule has 0 aromatic carbocycles. The van der Waals surface area contributed by atoms with Crippen molar-refractivity contribution in [1.82, 2.24) is 5.32 Å². The van der Waals surface area contributed by atoms with Crippen molar-refractivity contribution in [2.75, 3.05) is 34.0 Å². The molecular weight excluding hydrogens is 253 g/mol. The monoisotopic (exact) mass is 270 g/mol. The van der Waals surface area contributed by atoms with E-state index in [1.54, 1.807) is 6.21 Å². The molecule has 1 rings (SSSR count). The lowest BCUT2D eigenvalue weighted by Crippen LogP contribution is -2.59. The number of halogens is 3. The van der Waals surface area contributed by atoms with Crippen LogP contribution in [0.2, 0.25) is 0 Å². The maximum Gasteiger partial charge on any atom is 0.411 e. The van der Waals surface area contributed by atoms with Crippen molar-refractivity contribution in [1.29, 1.82) is 0 Å². The van der Waals surface area contributed by atoms with E-state index in [9.17, 15) is 13.2 Å². The third-order valence-electron chi connectivity index (χ3n) is 2.57. The van der Waals surface area contributed by atoms with Crippen LogP contribution in [0.5, 0.6) is 0 Å². The minimum absolute atomic E-state index is 0.0718. The third-order valence-corrected chi connectivity index (χ3v) is 2.57. The van der Waals surface area contributed by atoms with E-state index in [0.29, 0.717) is 6.54 Å². The van der Waals surface area contributed by atoms with Crippen molar-refractivity contribution in [3.63, 3.8) is 0 Å². The van der Waals surface area contributed by atoms with Crippen LogP contribution in [0.15, 0.2) is 4.99 Å². The smallest absolute Gasteiger partial charge is 0.372 e. The van der Waals surface area contributed by atoms with Gasteiger partial charge in [-0.05, 0) is 6.42 Å². The molecule has 0 saturated heterocycles. The average molecular weight is 270 g/mol. The molecule has 1 heterocycles. The van der Waals surface area contributed by atoms with Gasteiger partial charge in [-0.15, -0.1) is 0 Å². The number of methoxy groups -OCH3 is 2. The zero-order valence-electron chi connectivity index (χ0n) is 10.3. The number of rotatable bonds is 6. The largest absolute Gasteiger partial charge is 0.411 e. The van der Waals surface area contributed by atoms with Crippen LogP contribution in [0.1, 0.15) is 6.42 Å². The Hall–Kier alpha value is -0.700. The average Bonchev–Trinajstić information content (AvgIpc) is 2.34. The molecule has 1 unspecified atom stereocenters. The quantitative estimate of drug-likeness (QED) is 0.576. The summed E-state index contributed by atoms with van der Waals surface area (Å²) in [6.45, 7) is -0.858. The summed E-state index contributed by atoms with van der Waals surface area (Å²) in [6, 6.07) is -0.450. The first kappa shape index (κ1) is 15.4. The molecule has 1 aliphatic rings. The Bertz CT molecular complexity index is 280. The summed E-state index contributed by atoms with van der Waals surface area (Å²) in [5.74, 6) is -1.10. The van der Waals surface area contributed by atoms with Gasteiger partial charge < -0.3 is 14.2 Å². The van der Waals surface area contributed by atoms with Crippen molar-refractivity contribution in [3.05, 3.63) is 0 Å². The van der Waals surface area contributed by atoms with Crippen molar-refractivity contribution in [2.45, 2.75) is 24.6 Å². The first-order valence-corrected chi connectivity index (χ1v) is 5.45. The Morgan fingerprint density at radius 2 is 2.06 bits per heavy atom. The maximum atomic E-state index is 11.9. The summed E-state index contributed by atoms with van der Waals surface area (Å²) in [6.07, 6.45) is -2.42. The predicted molar refractivity (Wildman–Crippen MR) is 58.5 cm³/mol. The second kappa shape index (κ2) is 6.46. The van der Waals surface area contributed by atoms with Gasteiger partial charge in [0.1, 0.15) is 12.6 Å². The van der Waals surface area contributed by atoms with E-state index in [1.807, 2.05) is 0 Å². The van der Waals surface area contributed by atoms with E-state index in [0.717, 1.165) is 0 Å². The summed E-state index contributed by atoms with van der Waals surface area (Å²) in [5, 5.41) is 2.97. The van der Waals surface area contributed by atoms with Crippen LogP contribution in [-0.4, -0.2) is 58.3 Å². The van der Waals surface area contributed by atoms with Gasteiger partial charge in [0.25, 0.3) is 5.91 Å². The molecule has 106 valence electrons. The van der Waals surface area contributed by atoms with Crippen LogP contribution in [0.4, 0.5) is 13.2 Å². The summed E-state index contributed by atoms with van der Waals surface area (Å²) in [7, 11) is 2.89. The maximum absolute atomic E-state index is 11.9. The summed E-state index contributed by atoms with van der Waals surface area (Å²) >= 11 is 0. The van der Waals surface area contributed by atoms with E-state index >= 15 is 0 Å². The number of nitrogens with one attached hydrogen (secondary N) is 1. The van der Waals surface area contributed by atoms with E-state index in [-0.39, 0.29) is 13.0 Å². The van der Waals surface area contributed by atoms with Crippen LogP contribution in [-0.2, 0) is 14.2 Å². The van der Waals surface area contributed by atoms with Gasteiger partial charge in [-0.2, -0.15) is 13.2 Å². The van der Waals surface area contributed by atoms with E-state index in [1.165, 1.54) is 14.2 Å². The molecule has 8 heteroatoms. The normalized spacial score (nSPS) is 23.3. The molecule has 0 radical (unpaired) electrons. The highest BCUT2D eigenvalue weighted by molar-refractivity contribution is 5.61. The Labute approximate surface area is 103 Å². The zero-order chi connectivity index (χ0) is 13.6. The summed E-state index contributed by atoms with van der Waals surface area (Å²) in [5.41, 5.74) is 0. The van der Waals surface area contributed by atoms with E-state index in [4.69, 9.17) is 9.47 Å². The molecule has 0 aliphatic carbocycles. The van der Waals surface area contributed by atoms with Gasteiger partial charge in [0.05, 0.1) is 0 Å². The standard InChI is InChI=1S/C10H17F3N2O3/c1-16-10(17-2)8(14-4-5-15-10)3-6-18-7-9(11,12)13/h4,8,15H,3,5-7H2,1-2H3. The molecule has 0 spiro atoms. The van der Waals surface area contributed by atoms with Crippen LogP contribution >= 0.6 is 0 Å². The molecule has 1 aliphatic heterocycles.